The smallest absolute Gasteiger partial charge is 0.366 e. The molecule has 1 aromatic heterocycles. The summed E-state index contributed by atoms with van der Waals surface area (Å²) >= 11 is 0. The summed E-state index contributed by atoms with van der Waals surface area (Å²) in [4.78, 5) is 21.9. The van der Waals surface area contributed by atoms with E-state index in [9.17, 15) is 35.2 Å². The molecule has 2 fully saturated rings. The first kappa shape index (κ1) is 33.3. The summed E-state index contributed by atoms with van der Waals surface area (Å²) in [6.07, 6.45) is -3.73. The largest absolute Gasteiger partial charge is 0.416 e. The minimum Gasteiger partial charge on any atom is -0.366 e. The summed E-state index contributed by atoms with van der Waals surface area (Å²) in [7, 11) is -4.06. The van der Waals surface area contributed by atoms with Crippen molar-refractivity contribution in [3.05, 3.63) is 108 Å². The van der Waals surface area contributed by atoms with E-state index in [1.165, 1.54) is 18.2 Å². The Morgan fingerprint density at radius 3 is 2.19 bits per heavy atom. The number of carbonyl (C=O) groups excluding carboxylic acids is 1. The van der Waals surface area contributed by atoms with Gasteiger partial charge in [0, 0.05) is 44.8 Å². The second kappa shape index (κ2) is 13.5. The van der Waals surface area contributed by atoms with Crippen LogP contribution >= 0.6 is 0 Å². The normalized spacial score (nSPS) is 17.5. The molecule has 0 saturated carbocycles. The van der Waals surface area contributed by atoms with Crippen molar-refractivity contribution in [2.45, 2.75) is 36.5 Å². The number of nitrogens with one attached hydrogen (secondary N) is 1. The Bertz CT molecular complexity index is 1880. The molecular weight excluding hydrogens is 653 g/mol. The third kappa shape index (κ3) is 7.14. The van der Waals surface area contributed by atoms with E-state index in [1.807, 2.05) is 9.80 Å². The van der Waals surface area contributed by atoms with Crippen LogP contribution in [0.2, 0.25) is 0 Å². The van der Waals surface area contributed by atoms with E-state index in [0.29, 0.717) is 67.3 Å². The highest BCUT2D eigenvalue weighted by Gasteiger charge is 2.39. The number of anilines is 2. The third-order valence-electron chi connectivity index (χ3n) is 8.57. The molecule has 3 heterocycles. The molecule has 2 aliphatic rings. The van der Waals surface area contributed by atoms with Crippen LogP contribution in [0.4, 0.5) is 33.5 Å². The molecule has 1 N–H and O–H groups in total. The van der Waals surface area contributed by atoms with Gasteiger partial charge in [-0.2, -0.15) is 17.5 Å². The maximum Gasteiger partial charge on any atom is 0.416 e. The first-order valence-electron chi connectivity index (χ1n) is 15.4. The van der Waals surface area contributed by atoms with Crippen LogP contribution in [0.1, 0.15) is 24.0 Å². The van der Waals surface area contributed by atoms with Gasteiger partial charge in [-0.1, -0.05) is 24.3 Å². The molecular formula is C34H32F5N5O3S. The molecule has 0 aliphatic carbocycles. The average molecular weight is 686 g/mol. The molecule has 6 rings (SSSR count). The predicted octanol–water partition coefficient (Wildman–Crippen LogP) is 5.84. The number of sulfonamides is 1. The number of pyridine rings is 1. The van der Waals surface area contributed by atoms with E-state index >= 15 is 0 Å². The molecule has 0 radical (unpaired) electrons. The molecule has 0 bridgehead atoms. The number of benzene rings is 3. The van der Waals surface area contributed by atoms with Crippen molar-refractivity contribution in [3.8, 4) is 11.3 Å². The molecule has 2 saturated heterocycles. The Hall–Kier alpha value is -4.56. The predicted molar refractivity (Wildman–Crippen MR) is 171 cm³/mol. The van der Waals surface area contributed by atoms with Crippen LogP contribution < -0.4 is 15.1 Å². The van der Waals surface area contributed by atoms with E-state index in [-0.39, 0.29) is 23.8 Å². The molecule has 1 amide bonds. The molecule has 14 heteroatoms. The summed E-state index contributed by atoms with van der Waals surface area (Å²) in [5.41, 5.74) is 1.13. The summed E-state index contributed by atoms with van der Waals surface area (Å²) in [5, 5.41) is 2.83. The highest BCUT2D eigenvalue weighted by atomic mass is 32.2. The molecule has 8 nitrogen and oxygen atoms in total. The molecule has 3 aromatic carbocycles. The fraction of sp³-hybridized carbons (Fsp3) is 0.294. The van der Waals surface area contributed by atoms with Gasteiger partial charge in [0.25, 0.3) is 0 Å². The van der Waals surface area contributed by atoms with Gasteiger partial charge in [-0.3, -0.25) is 4.79 Å². The molecule has 48 heavy (non-hydrogen) atoms. The van der Waals surface area contributed by atoms with Crippen molar-refractivity contribution in [1.82, 2.24) is 14.6 Å². The SMILES string of the molecule is O=C(NCc1cc(-c2ccc(C(F)(F)F)cc2)nc(N2CCN(c3ccccc3F)CC2)c1)[C@@H]1CCCN1S(=O)(=O)c1ccc(F)cc1. The molecule has 4 aromatic rings. The number of para-hydroxylation sites is 1. The number of hydrogen-bond donors (Lipinski definition) is 1. The minimum atomic E-state index is -4.50. The van der Waals surface area contributed by atoms with E-state index in [4.69, 9.17) is 4.98 Å². The lowest BCUT2D eigenvalue weighted by Crippen LogP contribution is -2.47. The summed E-state index contributed by atoms with van der Waals surface area (Å²) in [5.74, 6) is -0.876. The number of amides is 1. The Morgan fingerprint density at radius 2 is 1.52 bits per heavy atom. The number of alkyl halides is 3. The second-order valence-electron chi connectivity index (χ2n) is 11.7. The fourth-order valence-corrected chi connectivity index (χ4v) is 7.69. The van der Waals surface area contributed by atoms with Gasteiger partial charge in [-0.05, 0) is 79.1 Å². The van der Waals surface area contributed by atoms with Crippen LogP contribution in [-0.2, 0) is 27.5 Å². The number of piperazine rings is 1. The standard InChI is InChI=1S/C34H32F5N5O3S/c35-26-11-13-27(14-12-26)48(46,47)44-15-3-6-31(44)33(45)40-22-23-20-29(24-7-9-25(10-8-24)34(37,38)39)41-32(21-23)43-18-16-42(17-19-43)30-5-2-1-4-28(30)36/h1-2,4-5,7-14,20-21,31H,3,6,15-19,22H2,(H,40,45)/t31-/m0/s1. The topological polar surface area (TPSA) is 85.8 Å². The van der Waals surface area contributed by atoms with Crippen LogP contribution in [0, 0.1) is 11.6 Å². The molecule has 252 valence electrons. The lowest BCUT2D eigenvalue weighted by Gasteiger charge is -2.37. The minimum absolute atomic E-state index is 0.00187. The van der Waals surface area contributed by atoms with Gasteiger partial charge < -0.3 is 15.1 Å². The van der Waals surface area contributed by atoms with Crippen molar-refractivity contribution in [2.75, 3.05) is 42.5 Å². The zero-order valence-corrected chi connectivity index (χ0v) is 26.4. The summed E-state index contributed by atoms with van der Waals surface area (Å²) in [6.45, 7) is 2.11. The van der Waals surface area contributed by atoms with E-state index in [0.717, 1.165) is 40.7 Å². The zero-order valence-electron chi connectivity index (χ0n) is 25.6. The van der Waals surface area contributed by atoms with Gasteiger partial charge in [-0.25, -0.2) is 22.2 Å². The molecule has 0 unspecified atom stereocenters. The highest BCUT2D eigenvalue weighted by Crippen LogP contribution is 2.32. The number of halogens is 5. The van der Waals surface area contributed by atoms with Crippen LogP contribution in [-0.4, -0.2) is 62.4 Å². The van der Waals surface area contributed by atoms with Gasteiger partial charge >= 0.3 is 6.18 Å². The number of carbonyl (C=O) groups is 1. The fourth-order valence-electron chi connectivity index (χ4n) is 6.04. The van der Waals surface area contributed by atoms with Crippen molar-refractivity contribution >= 4 is 27.4 Å². The van der Waals surface area contributed by atoms with Gasteiger partial charge in [-0.15, -0.1) is 0 Å². The Morgan fingerprint density at radius 1 is 0.854 bits per heavy atom. The van der Waals surface area contributed by atoms with Crippen LogP contribution in [0.3, 0.4) is 0 Å². The van der Waals surface area contributed by atoms with Crippen molar-refractivity contribution in [2.24, 2.45) is 0 Å². The van der Waals surface area contributed by atoms with Crippen LogP contribution in [0.5, 0.6) is 0 Å². The lowest BCUT2D eigenvalue weighted by atomic mass is 10.1. The molecule has 2 aliphatic heterocycles. The quantitative estimate of drug-likeness (QED) is 0.235. The first-order valence-corrected chi connectivity index (χ1v) is 16.8. The van der Waals surface area contributed by atoms with Crippen molar-refractivity contribution < 1.29 is 35.2 Å². The maximum atomic E-state index is 14.4. The van der Waals surface area contributed by atoms with Gasteiger partial charge in [0.1, 0.15) is 23.5 Å². The Balaban J connectivity index is 1.22. The number of aromatic nitrogens is 1. The van der Waals surface area contributed by atoms with Crippen LogP contribution in [0.25, 0.3) is 11.3 Å². The molecule has 1 atom stereocenters. The first-order chi connectivity index (χ1) is 22.9. The Kier molecular flexibility index (Phi) is 9.39. The summed E-state index contributed by atoms with van der Waals surface area (Å²) < 4.78 is 95.3. The number of hydrogen-bond acceptors (Lipinski definition) is 6. The van der Waals surface area contributed by atoms with E-state index in [1.54, 1.807) is 30.3 Å². The van der Waals surface area contributed by atoms with E-state index < -0.39 is 39.5 Å². The van der Waals surface area contributed by atoms with Gasteiger partial charge in [0.05, 0.1) is 21.8 Å². The van der Waals surface area contributed by atoms with Gasteiger partial charge in [0.15, 0.2) is 0 Å². The van der Waals surface area contributed by atoms with E-state index in [2.05, 4.69) is 5.32 Å². The zero-order chi connectivity index (χ0) is 34.1. The summed E-state index contributed by atoms with van der Waals surface area (Å²) in [6, 6.07) is 18.0. The van der Waals surface area contributed by atoms with Crippen molar-refractivity contribution in [1.29, 1.82) is 0 Å². The monoisotopic (exact) mass is 685 g/mol. The average Bonchev–Trinajstić information content (AvgIpc) is 3.59. The van der Waals surface area contributed by atoms with Gasteiger partial charge in [0.2, 0.25) is 15.9 Å². The van der Waals surface area contributed by atoms with Crippen LogP contribution in [0.15, 0.2) is 89.8 Å². The molecule has 0 spiro atoms. The van der Waals surface area contributed by atoms with Crippen molar-refractivity contribution in [3.63, 3.8) is 0 Å². The third-order valence-corrected chi connectivity index (χ3v) is 10.5. The maximum absolute atomic E-state index is 14.4. The Labute approximate surface area is 274 Å². The number of rotatable bonds is 8. The lowest BCUT2D eigenvalue weighted by molar-refractivity contribution is -0.137. The highest BCUT2D eigenvalue weighted by molar-refractivity contribution is 7.89. The number of nitrogens with zero attached hydrogens (tertiary/aromatic N) is 4. The second-order valence-corrected chi connectivity index (χ2v) is 13.6.